The third-order valence-electron chi connectivity index (χ3n) is 6.76. The Morgan fingerprint density at radius 3 is 2.50 bits per heavy atom. The van der Waals surface area contributed by atoms with Crippen molar-refractivity contribution in [1.82, 2.24) is 9.21 Å². The molecule has 9 nitrogen and oxygen atoms in total. The van der Waals surface area contributed by atoms with E-state index in [-0.39, 0.29) is 31.0 Å². The van der Waals surface area contributed by atoms with Crippen LogP contribution in [0.15, 0.2) is 95.9 Å². The lowest BCUT2D eigenvalue weighted by molar-refractivity contribution is -0.131. The Bertz CT molecular complexity index is 1730. The van der Waals surface area contributed by atoms with E-state index in [9.17, 15) is 23.3 Å². The van der Waals surface area contributed by atoms with Gasteiger partial charge in [-0.05, 0) is 64.7 Å². The Balaban J connectivity index is 1.47. The van der Waals surface area contributed by atoms with Gasteiger partial charge in [0.05, 0.1) is 16.5 Å². The standard InChI is InChI=1S/C30H26N4O5S/c31-18-22-7-4-8-23(15-22)19-33-14-13-28(29(33)35)34(30(36)39-20-21-5-2-1-3-6-21)40(37,38)27-12-10-24-9-11-26(32)16-25(24)17-27/h1-12,15-17,28H,13-14,19-20,32H2/t28-/m0/s1. The van der Waals surface area contributed by atoms with E-state index >= 15 is 0 Å². The quantitative estimate of drug-likeness (QED) is 0.334. The van der Waals surface area contributed by atoms with E-state index in [2.05, 4.69) is 6.07 Å². The molecular weight excluding hydrogens is 528 g/mol. The normalized spacial score (nSPS) is 15.1. The van der Waals surface area contributed by atoms with Crippen molar-refractivity contribution in [3.05, 3.63) is 108 Å². The molecule has 5 rings (SSSR count). The van der Waals surface area contributed by atoms with Gasteiger partial charge in [0.1, 0.15) is 12.6 Å². The molecule has 1 atom stereocenters. The van der Waals surface area contributed by atoms with Gasteiger partial charge in [-0.2, -0.15) is 9.57 Å². The van der Waals surface area contributed by atoms with Crippen LogP contribution in [0.25, 0.3) is 10.8 Å². The lowest BCUT2D eigenvalue weighted by atomic mass is 10.1. The molecule has 1 fully saturated rings. The van der Waals surface area contributed by atoms with Gasteiger partial charge in [-0.1, -0.05) is 54.6 Å². The average Bonchev–Trinajstić information content (AvgIpc) is 3.30. The molecule has 0 radical (unpaired) electrons. The first-order valence-electron chi connectivity index (χ1n) is 12.6. The van der Waals surface area contributed by atoms with Crippen molar-refractivity contribution >= 4 is 38.5 Å². The molecule has 0 unspecified atom stereocenters. The van der Waals surface area contributed by atoms with Crippen molar-refractivity contribution in [1.29, 1.82) is 5.26 Å². The van der Waals surface area contributed by atoms with Gasteiger partial charge in [0.15, 0.2) is 0 Å². The summed E-state index contributed by atoms with van der Waals surface area (Å²) in [5.74, 6) is -0.521. The highest BCUT2D eigenvalue weighted by atomic mass is 32.2. The number of nitrogens with two attached hydrogens (primary N) is 1. The predicted octanol–water partition coefficient (Wildman–Crippen LogP) is 4.42. The van der Waals surface area contributed by atoms with Crippen molar-refractivity contribution in [2.24, 2.45) is 0 Å². The number of hydrogen-bond acceptors (Lipinski definition) is 7. The third kappa shape index (κ3) is 5.46. The SMILES string of the molecule is N#Cc1cccc(CN2CC[C@H](N(C(=O)OCc3ccccc3)S(=O)(=O)c3ccc4ccc(N)cc4c3)C2=O)c1. The number of nitrogens with zero attached hydrogens (tertiary/aromatic N) is 3. The molecule has 10 heteroatoms. The molecular formula is C30H26N4O5S. The summed E-state index contributed by atoms with van der Waals surface area (Å²) >= 11 is 0. The Labute approximate surface area is 232 Å². The van der Waals surface area contributed by atoms with Crippen molar-refractivity contribution in [2.45, 2.75) is 30.5 Å². The van der Waals surface area contributed by atoms with Crippen LogP contribution in [0.2, 0.25) is 0 Å². The highest BCUT2D eigenvalue weighted by Crippen LogP contribution is 2.29. The van der Waals surface area contributed by atoms with Crippen molar-refractivity contribution in [3.63, 3.8) is 0 Å². The van der Waals surface area contributed by atoms with Gasteiger partial charge in [-0.3, -0.25) is 4.79 Å². The number of benzene rings is 4. The van der Waals surface area contributed by atoms with E-state index in [1.807, 2.05) is 6.07 Å². The number of nitriles is 1. The number of likely N-dealkylation sites (tertiary alicyclic amines) is 1. The molecule has 0 bridgehead atoms. The second kappa shape index (κ2) is 11.1. The summed E-state index contributed by atoms with van der Waals surface area (Å²) in [5.41, 5.74) is 8.21. The molecule has 1 aliphatic rings. The lowest BCUT2D eigenvalue weighted by Crippen LogP contribution is -2.48. The first-order valence-corrected chi connectivity index (χ1v) is 14.0. The first kappa shape index (κ1) is 26.7. The van der Waals surface area contributed by atoms with Gasteiger partial charge in [-0.15, -0.1) is 0 Å². The fourth-order valence-electron chi connectivity index (χ4n) is 4.75. The number of carbonyl (C=O) groups is 2. The van der Waals surface area contributed by atoms with E-state index in [1.165, 1.54) is 17.0 Å². The van der Waals surface area contributed by atoms with Crippen LogP contribution in [0.3, 0.4) is 0 Å². The van der Waals surface area contributed by atoms with E-state index in [0.29, 0.717) is 26.5 Å². The van der Waals surface area contributed by atoms with Crippen molar-refractivity contribution < 1.29 is 22.7 Å². The molecule has 0 saturated carbocycles. The molecule has 0 aliphatic carbocycles. The molecule has 1 saturated heterocycles. The predicted molar refractivity (Wildman–Crippen MR) is 149 cm³/mol. The molecule has 2 N–H and O–H groups in total. The van der Waals surface area contributed by atoms with Crippen LogP contribution in [0.1, 0.15) is 23.1 Å². The summed E-state index contributed by atoms with van der Waals surface area (Å²) in [7, 11) is -4.50. The highest BCUT2D eigenvalue weighted by Gasteiger charge is 2.45. The van der Waals surface area contributed by atoms with Crippen LogP contribution in [-0.2, 0) is 32.7 Å². The molecule has 4 aromatic rings. The number of anilines is 1. The topological polar surface area (TPSA) is 134 Å². The summed E-state index contributed by atoms with van der Waals surface area (Å²) < 4.78 is 34.0. The van der Waals surface area contributed by atoms with E-state index in [4.69, 9.17) is 10.5 Å². The number of rotatable bonds is 7. The van der Waals surface area contributed by atoms with Gasteiger partial charge in [0.2, 0.25) is 5.91 Å². The monoisotopic (exact) mass is 554 g/mol. The minimum Gasteiger partial charge on any atom is -0.444 e. The average molecular weight is 555 g/mol. The summed E-state index contributed by atoms with van der Waals surface area (Å²) in [6.45, 7) is 0.241. The number of fused-ring (bicyclic) bond motifs is 1. The molecule has 0 spiro atoms. The maximum Gasteiger partial charge on any atom is 0.424 e. The number of ether oxygens (including phenoxy) is 1. The summed E-state index contributed by atoms with van der Waals surface area (Å²) in [4.78, 5) is 28.3. The van der Waals surface area contributed by atoms with Gasteiger partial charge < -0.3 is 15.4 Å². The molecule has 1 aliphatic heterocycles. The van der Waals surface area contributed by atoms with Crippen molar-refractivity contribution in [3.8, 4) is 6.07 Å². The smallest absolute Gasteiger partial charge is 0.424 e. The number of amides is 2. The molecule has 1 heterocycles. The van der Waals surface area contributed by atoms with Gasteiger partial charge in [0, 0.05) is 18.8 Å². The maximum absolute atomic E-state index is 14.0. The number of sulfonamides is 1. The Kier molecular flexibility index (Phi) is 7.40. The van der Waals surface area contributed by atoms with E-state index in [0.717, 1.165) is 10.9 Å². The van der Waals surface area contributed by atoms with Crippen LogP contribution < -0.4 is 5.73 Å². The summed E-state index contributed by atoms with van der Waals surface area (Å²) in [6, 6.07) is 26.1. The largest absolute Gasteiger partial charge is 0.444 e. The minimum atomic E-state index is -4.50. The van der Waals surface area contributed by atoms with E-state index < -0.39 is 28.1 Å². The fourth-order valence-corrected chi connectivity index (χ4v) is 6.27. The molecule has 2 amide bonds. The Morgan fingerprint density at radius 1 is 0.975 bits per heavy atom. The number of carbonyl (C=O) groups excluding carboxylic acids is 2. The van der Waals surface area contributed by atoms with Crippen LogP contribution >= 0.6 is 0 Å². The maximum atomic E-state index is 14.0. The van der Waals surface area contributed by atoms with Gasteiger partial charge in [0.25, 0.3) is 10.0 Å². The second-order valence-corrected chi connectivity index (χ2v) is 11.3. The summed E-state index contributed by atoms with van der Waals surface area (Å²) in [5, 5.41) is 10.6. The first-order chi connectivity index (χ1) is 19.3. The molecule has 40 heavy (non-hydrogen) atoms. The zero-order valence-corrected chi connectivity index (χ0v) is 22.3. The molecule has 202 valence electrons. The minimum absolute atomic E-state index is 0.0942. The van der Waals surface area contributed by atoms with Crippen LogP contribution in [0.5, 0.6) is 0 Å². The summed E-state index contributed by atoms with van der Waals surface area (Å²) in [6.07, 6.45) is -1.04. The highest BCUT2D eigenvalue weighted by molar-refractivity contribution is 7.89. The fraction of sp³-hybridized carbons (Fsp3) is 0.167. The Hall–Kier alpha value is -4.88. The second-order valence-electron chi connectivity index (χ2n) is 9.49. The van der Waals surface area contributed by atoms with Crippen molar-refractivity contribution in [2.75, 3.05) is 12.3 Å². The third-order valence-corrected chi connectivity index (χ3v) is 8.53. The molecule has 4 aromatic carbocycles. The van der Waals surface area contributed by atoms with Crippen LogP contribution in [0.4, 0.5) is 10.5 Å². The van der Waals surface area contributed by atoms with Gasteiger partial charge >= 0.3 is 6.09 Å². The zero-order valence-electron chi connectivity index (χ0n) is 21.4. The van der Waals surface area contributed by atoms with Gasteiger partial charge in [-0.25, -0.2) is 13.2 Å². The number of hydrogen-bond donors (Lipinski definition) is 1. The van der Waals surface area contributed by atoms with E-state index in [1.54, 1.807) is 72.8 Å². The van der Waals surface area contributed by atoms with Crippen LogP contribution in [-0.4, -0.2) is 42.2 Å². The number of nitrogen functional groups attached to an aromatic ring is 1. The zero-order chi connectivity index (χ0) is 28.3. The molecule has 0 aromatic heterocycles. The lowest BCUT2D eigenvalue weighted by Gasteiger charge is -2.27. The van der Waals surface area contributed by atoms with Crippen LogP contribution in [0, 0.1) is 11.3 Å². The Morgan fingerprint density at radius 2 is 1.73 bits per heavy atom.